The van der Waals surface area contributed by atoms with Gasteiger partial charge < -0.3 is 5.32 Å². The Bertz CT molecular complexity index is 528. The molecule has 1 saturated heterocycles. The molecule has 96 valence electrons. The molecule has 1 aliphatic rings. The largest absolute Gasteiger partial charge is 0.313 e. The SMILES string of the molecule is O=[S@](C[C@H]1CCCCN1)c1nc2ccccc2s1. The maximum atomic E-state index is 12.3. The lowest BCUT2D eigenvalue weighted by Crippen LogP contribution is -2.38. The van der Waals surface area contributed by atoms with E-state index in [-0.39, 0.29) is 0 Å². The van der Waals surface area contributed by atoms with E-state index in [1.165, 1.54) is 12.8 Å². The van der Waals surface area contributed by atoms with Crippen LogP contribution in [0.4, 0.5) is 0 Å². The molecule has 2 atom stereocenters. The van der Waals surface area contributed by atoms with Gasteiger partial charge in [0.05, 0.1) is 21.0 Å². The van der Waals surface area contributed by atoms with Gasteiger partial charge in [-0.1, -0.05) is 18.6 Å². The van der Waals surface area contributed by atoms with Crippen molar-refractivity contribution in [2.24, 2.45) is 0 Å². The molecule has 3 rings (SSSR count). The van der Waals surface area contributed by atoms with E-state index in [2.05, 4.69) is 10.3 Å². The molecule has 1 aliphatic heterocycles. The molecule has 1 fully saturated rings. The Labute approximate surface area is 113 Å². The molecule has 2 heterocycles. The van der Waals surface area contributed by atoms with Crippen LogP contribution in [0.15, 0.2) is 28.6 Å². The molecule has 0 bridgehead atoms. The lowest BCUT2D eigenvalue weighted by Gasteiger charge is -2.22. The predicted octanol–water partition coefficient (Wildman–Crippen LogP) is 2.55. The topological polar surface area (TPSA) is 42.0 Å². The van der Waals surface area contributed by atoms with Crippen molar-refractivity contribution < 1.29 is 4.21 Å². The second-order valence-electron chi connectivity index (χ2n) is 4.61. The highest BCUT2D eigenvalue weighted by Crippen LogP contribution is 2.24. The highest BCUT2D eigenvalue weighted by atomic mass is 32.2. The first-order valence-corrected chi connectivity index (χ1v) is 8.44. The number of fused-ring (bicyclic) bond motifs is 1. The molecule has 18 heavy (non-hydrogen) atoms. The first kappa shape index (κ1) is 12.3. The van der Waals surface area contributed by atoms with Gasteiger partial charge in [-0.15, -0.1) is 11.3 Å². The van der Waals surface area contributed by atoms with Crippen LogP contribution in [0.2, 0.25) is 0 Å². The molecule has 1 aromatic heterocycles. The molecule has 0 radical (unpaired) electrons. The number of hydrogen-bond donors (Lipinski definition) is 1. The summed E-state index contributed by atoms with van der Waals surface area (Å²) in [7, 11) is -0.969. The van der Waals surface area contributed by atoms with Gasteiger partial charge in [-0.05, 0) is 31.5 Å². The van der Waals surface area contributed by atoms with Gasteiger partial charge in [-0.25, -0.2) is 4.98 Å². The fourth-order valence-electron chi connectivity index (χ4n) is 2.27. The van der Waals surface area contributed by atoms with Crippen molar-refractivity contribution in [2.45, 2.75) is 29.6 Å². The Kier molecular flexibility index (Phi) is 3.72. The first-order chi connectivity index (χ1) is 8.83. The van der Waals surface area contributed by atoms with Gasteiger partial charge in [0.2, 0.25) is 0 Å². The molecular formula is C13H16N2OS2. The fourth-order valence-corrected chi connectivity index (χ4v) is 4.80. The van der Waals surface area contributed by atoms with Crippen molar-refractivity contribution in [3.8, 4) is 0 Å². The molecule has 2 aromatic rings. The van der Waals surface area contributed by atoms with Gasteiger partial charge in [0, 0.05) is 11.8 Å². The van der Waals surface area contributed by atoms with Crippen LogP contribution < -0.4 is 5.32 Å². The highest BCUT2D eigenvalue weighted by molar-refractivity contribution is 7.87. The third-order valence-electron chi connectivity index (χ3n) is 3.23. The summed E-state index contributed by atoms with van der Waals surface area (Å²) in [6, 6.07) is 8.37. The smallest absolute Gasteiger partial charge is 0.181 e. The molecule has 5 heteroatoms. The van der Waals surface area contributed by atoms with Crippen molar-refractivity contribution in [3.63, 3.8) is 0 Å². The number of para-hydroxylation sites is 1. The zero-order valence-electron chi connectivity index (χ0n) is 10.1. The Morgan fingerprint density at radius 2 is 2.28 bits per heavy atom. The summed E-state index contributed by atoms with van der Waals surface area (Å²) in [4.78, 5) is 4.47. The normalized spacial score (nSPS) is 22.1. The lowest BCUT2D eigenvalue weighted by molar-refractivity contribution is 0.427. The third kappa shape index (κ3) is 2.63. The minimum atomic E-state index is -0.969. The number of rotatable bonds is 3. The number of nitrogens with one attached hydrogen (secondary N) is 1. The van der Waals surface area contributed by atoms with Crippen LogP contribution in [-0.2, 0) is 10.8 Å². The fraction of sp³-hybridized carbons (Fsp3) is 0.462. The zero-order valence-corrected chi connectivity index (χ0v) is 11.7. The third-order valence-corrected chi connectivity index (χ3v) is 6.06. The van der Waals surface area contributed by atoms with Gasteiger partial charge in [0.1, 0.15) is 0 Å². The molecule has 0 saturated carbocycles. The number of aromatic nitrogens is 1. The Hall–Kier alpha value is -0.780. The van der Waals surface area contributed by atoms with Gasteiger partial charge >= 0.3 is 0 Å². The minimum absolute atomic E-state index is 0.395. The summed E-state index contributed by atoms with van der Waals surface area (Å²) in [5.41, 5.74) is 0.961. The molecule has 0 spiro atoms. The van der Waals surface area contributed by atoms with E-state index in [1.807, 2.05) is 24.3 Å². The van der Waals surface area contributed by atoms with E-state index in [0.717, 1.165) is 27.5 Å². The molecule has 0 unspecified atom stereocenters. The average molecular weight is 280 g/mol. The van der Waals surface area contributed by atoms with Gasteiger partial charge in [0.15, 0.2) is 4.34 Å². The highest BCUT2D eigenvalue weighted by Gasteiger charge is 2.18. The van der Waals surface area contributed by atoms with Crippen LogP contribution in [0.5, 0.6) is 0 Å². The molecule has 0 aliphatic carbocycles. The molecule has 1 aromatic carbocycles. The van der Waals surface area contributed by atoms with E-state index in [1.54, 1.807) is 11.3 Å². The van der Waals surface area contributed by atoms with Gasteiger partial charge in [-0.3, -0.25) is 4.21 Å². The minimum Gasteiger partial charge on any atom is -0.313 e. The summed E-state index contributed by atoms with van der Waals surface area (Å²) in [5.74, 6) is 0.694. The van der Waals surface area contributed by atoms with Crippen molar-refractivity contribution in [1.82, 2.24) is 10.3 Å². The second-order valence-corrected chi connectivity index (χ2v) is 7.31. The molecule has 1 N–H and O–H groups in total. The monoisotopic (exact) mass is 280 g/mol. The molecule has 0 amide bonds. The number of benzene rings is 1. The van der Waals surface area contributed by atoms with Crippen LogP contribution in [0.3, 0.4) is 0 Å². The summed E-state index contributed by atoms with van der Waals surface area (Å²) in [6.45, 7) is 1.06. The summed E-state index contributed by atoms with van der Waals surface area (Å²) in [6.07, 6.45) is 3.62. The quantitative estimate of drug-likeness (QED) is 0.939. The maximum absolute atomic E-state index is 12.3. The predicted molar refractivity (Wildman–Crippen MR) is 76.5 cm³/mol. The number of thiazole rings is 1. The number of hydrogen-bond acceptors (Lipinski definition) is 4. The van der Waals surface area contributed by atoms with E-state index in [9.17, 15) is 4.21 Å². The zero-order chi connectivity index (χ0) is 12.4. The summed E-state index contributed by atoms with van der Waals surface area (Å²) in [5, 5.41) is 3.44. The van der Waals surface area contributed by atoms with E-state index < -0.39 is 10.8 Å². The average Bonchev–Trinajstić information content (AvgIpc) is 2.84. The van der Waals surface area contributed by atoms with Crippen LogP contribution in [0.25, 0.3) is 10.2 Å². The standard InChI is InChI=1S/C13H16N2OS2/c16-18(9-10-5-3-4-8-14-10)13-15-11-6-1-2-7-12(11)17-13/h1-2,6-7,10,14H,3-5,8-9H2/t10-,18-/m1/s1. The Balaban J connectivity index is 1.74. The summed E-state index contributed by atoms with van der Waals surface area (Å²) < 4.78 is 14.2. The Morgan fingerprint density at radius 1 is 1.39 bits per heavy atom. The van der Waals surface area contributed by atoms with Gasteiger partial charge in [0.25, 0.3) is 0 Å². The van der Waals surface area contributed by atoms with E-state index in [4.69, 9.17) is 0 Å². The van der Waals surface area contributed by atoms with Crippen LogP contribution in [0, 0.1) is 0 Å². The van der Waals surface area contributed by atoms with Crippen LogP contribution in [-0.4, -0.2) is 27.5 Å². The van der Waals surface area contributed by atoms with Crippen molar-refractivity contribution in [1.29, 1.82) is 0 Å². The second kappa shape index (κ2) is 5.47. The van der Waals surface area contributed by atoms with E-state index in [0.29, 0.717) is 11.8 Å². The van der Waals surface area contributed by atoms with Gasteiger partial charge in [-0.2, -0.15) is 0 Å². The van der Waals surface area contributed by atoms with Crippen LogP contribution >= 0.6 is 11.3 Å². The van der Waals surface area contributed by atoms with Crippen molar-refractivity contribution in [2.75, 3.05) is 12.3 Å². The number of nitrogens with zero attached hydrogens (tertiary/aromatic N) is 1. The summed E-state index contributed by atoms with van der Waals surface area (Å²) >= 11 is 1.55. The lowest BCUT2D eigenvalue weighted by atomic mass is 10.1. The maximum Gasteiger partial charge on any atom is 0.181 e. The Morgan fingerprint density at radius 3 is 3.06 bits per heavy atom. The van der Waals surface area contributed by atoms with Crippen molar-refractivity contribution in [3.05, 3.63) is 24.3 Å². The van der Waals surface area contributed by atoms with Crippen molar-refractivity contribution >= 4 is 32.4 Å². The molecular weight excluding hydrogens is 264 g/mol. The number of piperidine rings is 1. The molecule has 3 nitrogen and oxygen atoms in total. The van der Waals surface area contributed by atoms with Crippen LogP contribution in [0.1, 0.15) is 19.3 Å². The first-order valence-electron chi connectivity index (χ1n) is 6.30. The van der Waals surface area contributed by atoms with E-state index >= 15 is 0 Å².